The number of aromatic nitrogens is 2. The van der Waals surface area contributed by atoms with Gasteiger partial charge in [-0.2, -0.15) is 5.10 Å². The summed E-state index contributed by atoms with van der Waals surface area (Å²) in [5.74, 6) is 0.668. The van der Waals surface area contributed by atoms with Crippen LogP contribution in [0.5, 0.6) is 0 Å². The molecule has 3 fully saturated rings. The Hall–Kier alpha value is -1.40. The van der Waals surface area contributed by atoms with Crippen LogP contribution in [0.25, 0.3) is 0 Å². The van der Waals surface area contributed by atoms with E-state index in [2.05, 4.69) is 17.0 Å². The molecule has 2 saturated heterocycles. The molecule has 0 radical (unpaired) electrons. The van der Waals surface area contributed by atoms with E-state index in [4.69, 9.17) is 4.74 Å². The molecule has 120 valence electrons. The Morgan fingerprint density at radius 1 is 1.27 bits per heavy atom. The number of ether oxygens (including phenoxy) is 1. The highest BCUT2D eigenvalue weighted by Gasteiger charge is 2.40. The van der Waals surface area contributed by atoms with Crippen molar-refractivity contribution in [3.63, 3.8) is 0 Å². The number of amides is 1. The first-order valence-corrected chi connectivity index (χ1v) is 8.28. The molecule has 3 aliphatic rings. The highest BCUT2D eigenvalue weighted by atomic mass is 16.5. The van der Waals surface area contributed by atoms with E-state index in [1.807, 2.05) is 16.6 Å². The normalized spacial score (nSPS) is 29.5. The molecule has 1 amide bonds. The van der Waals surface area contributed by atoms with Crippen LogP contribution >= 0.6 is 0 Å². The number of carbonyl (C=O) groups excluding carboxylic acids is 1. The minimum Gasteiger partial charge on any atom is -0.374 e. The van der Waals surface area contributed by atoms with Crippen molar-refractivity contribution in [2.24, 2.45) is 7.05 Å². The van der Waals surface area contributed by atoms with E-state index in [0.29, 0.717) is 19.1 Å². The van der Waals surface area contributed by atoms with Crippen molar-refractivity contribution < 1.29 is 9.53 Å². The lowest BCUT2D eigenvalue weighted by atomic mass is 9.98. The number of carbonyl (C=O) groups is 1. The predicted octanol–water partition coefficient (Wildman–Crippen LogP) is 0.843. The second-order valence-corrected chi connectivity index (χ2v) is 6.87. The molecule has 1 aliphatic carbocycles. The first kappa shape index (κ1) is 14.2. The zero-order chi connectivity index (χ0) is 15.3. The first-order chi connectivity index (χ1) is 10.6. The molecule has 6 heteroatoms. The highest BCUT2D eigenvalue weighted by molar-refractivity contribution is 5.95. The largest absolute Gasteiger partial charge is 0.374 e. The summed E-state index contributed by atoms with van der Waals surface area (Å²) in [6.07, 6.45) is 5.31. The Balaban J connectivity index is 1.61. The fourth-order valence-electron chi connectivity index (χ4n) is 3.89. The molecule has 2 atom stereocenters. The number of rotatable bonds is 2. The van der Waals surface area contributed by atoms with Gasteiger partial charge in [0, 0.05) is 32.6 Å². The fraction of sp³-hybridized carbons (Fsp3) is 0.750. The van der Waals surface area contributed by atoms with Gasteiger partial charge in [0.2, 0.25) is 0 Å². The highest BCUT2D eigenvalue weighted by Crippen LogP contribution is 2.41. The smallest absolute Gasteiger partial charge is 0.257 e. The number of piperidine rings is 1. The molecular formula is C16H24N4O2. The summed E-state index contributed by atoms with van der Waals surface area (Å²) in [4.78, 5) is 17.5. The molecule has 0 aromatic carbocycles. The van der Waals surface area contributed by atoms with Crippen molar-refractivity contribution in [1.82, 2.24) is 19.6 Å². The molecule has 22 heavy (non-hydrogen) atoms. The lowest BCUT2D eigenvalue weighted by molar-refractivity contribution is -0.0870. The fourth-order valence-corrected chi connectivity index (χ4v) is 3.89. The molecule has 3 heterocycles. The van der Waals surface area contributed by atoms with Gasteiger partial charge in [-0.25, -0.2) is 0 Å². The van der Waals surface area contributed by atoms with Crippen LogP contribution in [0, 0.1) is 0 Å². The maximum Gasteiger partial charge on any atom is 0.257 e. The molecule has 2 aliphatic heterocycles. The maximum absolute atomic E-state index is 13.1. The molecule has 0 spiro atoms. The van der Waals surface area contributed by atoms with E-state index in [0.717, 1.165) is 30.8 Å². The molecule has 1 aromatic heterocycles. The van der Waals surface area contributed by atoms with Gasteiger partial charge in [-0.05, 0) is 26.3 Å². The Labute approximate surface area is 131 Å². The van der Waals surface area contributed by atoms with Crippen LogP contribution < -0.4 is 0 Å². The van der Waals surface area contributed by atoms with Crippen LogP contribution in [0.3, 0.4) is 0 Å². The van der Waals surface area contributed by atoms with Gasteiger partial charge in [0.05, 0.1) is 36.2 Å². The van der Waals surface area contributed by atoms with Crippen LogP contribution in [0.15, 0.2) is 6.20 Å². The van der Waals surface area contributed by atoms with Crippen molar-refractivity contribution in [1.29, 1.82) is 0 Å². The van der Waals surface area contributed by atoms with Gasteiger partial charge < -0.3 is 14.5 Å². The summed E-state index contributed by atoms with van der Waals surface area (Å²) in [6, 6.07) is 0.173. The van der Waals surface area contributed by atoms with Gasteiger partial charge in [-0.3, -0.25) is 9.48 Å². The number of aryl methyl sites for hydroxylation is 1. The minimum atomic E-state index is 0.142. The summed E-state index contributed by atoms with van der Waals surface area (Å²) >= 11 is 0. The van der Waals surface area contributed by atoms with Crippen LogP contribution in [0.1, 0.15) is 41.2 Å². The third kappa shape index (κ3) is 2.34. The van der Waals surface area contributed by atoms with Crippen molar-refractivity contribution in [3.05, 3.63) is 17.5 Å². The number of hydrogen-bond donors (Lipinski definition) is 0. The minimum absolute atomic E-state index is 0.142. The number of fused-ring (bicyclic) bond motifs is 1. The van der Waals surface area contributed by atoms with E-state index in [1.165, 1.54) is 12.8 Å². The van der Waals surface area contributed by atoms with Crippen LogP contribution in [-0.2, 0) is 11.8 Å². The molecule has 4 rings (SSSR count). The molecule has 0 unspecified atom stereocenters. The van der Waals surface area contributed by atoms with E-state index >= 15 is 0 Å². The predicted molar refractivity (Wildman–Crippen MR) is 81.9 cm³/mol. The molecule has 0 bridgehead atoms. The molecule has 1 aromatic rings. The van der Waals surface area contributed by atoms with Gasteiger partial charge in [-0.15, -0.1) is 0 Å². The number of nitrogens with zero attached hydrogens (tertiary/aromatic N) is 4. The number of likely N-dealkylation sites (tertiary alicyclic amines) is 1. The van der Waals surface area contributed by atoms with E-state index in [-0.39, 0.29) is 18.1 Å². The maximum atomic E-state index is 13.1. The van der Waals surface area contributed by atoms with Gasteiger partial charge >= 0.3 is 0 Å². The molecular weight excluding hydrogens is 280 g/mol. The quantitative estimate of drug-likeness (QED) is 0.812. The van der Waals surface area contributed by atoms with E-state index in [1.54, 1.807) is 6.20 Å². The third-order valence-electron chi connectivity index (χ3n) is 5.23. The average molecular weight is 304 g/mol. The van der Waals surface area contributed by atoms with Crippen LogP contribution in [-0.4, -0.2) is 70.9 Å². The number of likely N-dealkylation sites (N-methyl/N-ethyl adjacent to an activating group) is 1. The Kier molecular flexibility index (Phi) is 3.46. The summed E-state index contributed by atoms with van der Waals surface area (Å²) in [5.41, 5.74) is 1.93. The summed E-state index contributed by atoms with van der Waals surface area (Å²) in [6.45, 7) is 3.28. The van der Waals surface area contributed by atoms with Crippen molar-refractivity contribution in [2.45, 2.75) is 37.3 Å². The van der Waals surface area contributed by atoms with Crippen molar-refractivity contribution in [2.75, 3.05) is 33.3 Å². The molecule has 1 saturated carbocycles. The van der Waals surface area contributed by atoms with Gasteiger partial charge in [0.1, 0.15) is 0 Å². The lowest BCUT2D eigenvalue weighted by Crippen LogP contribution is -2.60. The zero-order valence-corrected chi connectivity index (χ0v) is 13.4. The van der Waals surface area contributed by atoms with E-state index < -0.39 is 0 Å². The van der Waals surface area contributed by atoms with Gasteiger partial charge in [0.25, 0.3) is 5.91 Å². The SMILES string of the molecule is CN1CC[C@@H]2OCCN(C(=O)c3cnn(C)c3C3CC3)[C@H]2C1. The lowest BCUT2D eigenvalue weighted by Gasteiger charge is -2.46. The second kappa shape index (κ2) is 5.35. The second-order valence-electron chi connectivity index (χ2n) is 6.87. The van der Waals surface area contributed by atoms with Crippen LogP contribution in [0.4, 0.5) is 0 Å². The van der Waals surface area contributed by atoms with E-state index in [9.17, 15) is 4.79 Å². The van der Waals surface area contributed by atoms with Gasteiger partial charge in [-0.1, -0.05) is 0 Å². The zero-order valence-electron chi connectivity index (χ0n) is 13.4. The summed E-state index contributed by atoms with van der Waals surface area (Å²) in [7, 11) is 4.06. The van der Waals surface area contributed by atoms with Crippen LogP contribution in [0.2, 0.25) is 0 Å². The van der Waals surface area contributed by atoms with Gasteiger partial charge in [0.15, 0.2) is 0 Å². The summed E-state index contributed by atoms with van der Waals surface area (Å²) in [5, 5.41) is 4.34. The number of morpholine rings is 1. The standard InChI is InChI=1S/C16H24N4O2/c1-18-6-5-14-13(10-18)20(7-8-22-14)16(21)12-9-17-19(2)15(12)11-3-4-11/h9,11,13-14H,3-8,10H2,1-2H3/t13-,14-/m0/s1. The average Bonchev–Trinajstić information content (AvgIpc) is 3.28. The third-order valence-corrected chi connectivity index (χ3v) is 5.23. The molecule has 6 nitrogen and oxygen atoms in total. The Morgan fingerprint density at radius 2 is 2.09 bits per heavy atom. The number of hydrogen-bond acceptors (Lipinski definition) is 4. The van der Waals surface area contributed by atoms with Crippen molar-refractivity contribution >= 4 is 5.91 Å². The summed E-state index contributed by atoms with van der Waals surface area (Å²) < 4.78 is 7.79. The van der Waals surface area contributed by atoms with Crippen molar-refractivity contribution in [3.8, 4) is 0 Å². The Bertz CT molecular complexity index is 581. The first-order valence-electron chi connectivity index (χ1n) is 8.28. The molecule has 0 N–H and O–H groups in total. The topological polar surface area (TPSA) is 50.6 Å². The monoisotopic (exact) mass is 304 g/mol. The Morgan fingerprint density at radius 3 is 2.86 bits per heavy atom.